The molecule has 0 saturated heterocycles. The van der Waals surface area contributed by atoms with Crippen molar-refractivity contribution in [3.63, 3.8) is 0 Å². The fourth-order valence-corrected chi connectivity index (χ4v) is 4.18. The van der Waals surface area contributed by atoms with Crippen LogP contribution in [-0.2, 0) is 24.4 Å². The van der Waals surface area contributed by atoms with Crippen LogP contribution < -0.4 is 0 Å². The predicted octanol–water partition coefficient (Wildman–Crippen LogP) is 3.45. The molecule has 7 nitrogen and oxygen atoms in total. The molecule has 1 unspecified atom stereocenters. The van der Waals surface area contributed by atoms with Gasteiger partial charge in [-0.25, -0.2) is 0 Å². The number of hydrogen-bond donors (Lipinski definition) is 2. The van der Waals surface area contributed by atoms with Crippen LogP contribution in [0.4, 0.5) is 0 Å². The molecule has 1 atom stereocenters. The molecule has 0 radical (unpaired) electrons. The summed E-state index contributed by atoms with van der Waals surface area (Å²) in [5, 5.41) is 9.14. The number of esters is 1. The van der Waals surface area contributed by atoms with E-state index in [4.69, 9.17) is 9.84 Å². The van der Waals surface area contributed by atoms with Crippen LogP contribution in [0, 0.1) is 0 Å². The Kier molecular flexibility index (Phi) is 25.3. The van der Waals surface area contributed by atoms with Gasteiger partial charge in [0.2, 0.25) is 4.75 Å². The van der Waals surface area contributed by atoms with Crippen molar-refractivity contribution in [3.05, 3.63) is 0 Å². The number of carbonyl (C=O) groups excluding carboxylic acids is 1. The summed E-state index contributed by atoms with van der Waals surface area (Å²) in [6, 6.07) is 0. The van der Waals surface area contributed by atoms with Gasteiger partial charge in [0, 0.05) is 0 Å². The normalized spacial score (nSPS) is 12.9. The molecule has 30 heavy (non-hydrogen) atoms. The SMILES string of the molecule is CCCCCCCCOC(=O)C(CCCCCCCC)(CC(=O)O)S(=O)(=O)O.[KH].[NaH]. The first-order valence-electron chi connectivity index (χ1n) is 10.6. The molecule has 0 spiro atoms. The van der Waals surface area contributed by atoms with Gasteiger partial charge in [0.05, 0.1) is 13.0 Å². The van der Waals surface area contributed by atoms with Crippen LogP contribution >= 0.6 is 0 Å². The number of unbranched alkanes of at least 4 members (excludes halogenated alkanes) is 10. The molecule has 0 aliphatic heterocycles. The molecule has 0 aliphatic carbocycles. The Bertz CT molecular complexity index is 557. The molecule has 170 valence electrons. The van der Waals surface area contributed by atoms with E-state index in [0.29, 0.717) is 19.3 Å². The monoisotopic (exact) mass is 486 g/mol. The Morgan fingerprint density at radius 3 is 1.70 bits per heavy atom. The molecule has 0 aliphatic rings. The summed E-state index contributed by atoms with van der Waals surface area (Å²) in [5.74, 6) is -2.61. The van der Waals surface area contributed by atoms with E-state index in [1.807, 2.05) is 0 Å². The molecule has 0 aromatic rings. The molecule has 0 fully saturated rings. The van der Waals surface area contributed by atoms with Crippen molar-refractivity contribution in [2.24, 2.45) is 0 Å². The summed E-state index contributed by atoms with van der Waals surface area (Å²) in [7, 11) is -4.93. The van der Waals surface area contributed by atoms with Gasteiger partial charge in [-0.2, -0.15) is 8.42 Å². The average Bonchev–Trinajstić information content (AvgIpc) is 2.61. The van der Waals surface area contributed by atoms with Crippen LogP contribution in [0.5, 0.6) is 0 Å². The number of carboxylic acids is 1. The van der Waals surface area contributed by atoms with Gasteiger partial charge in [-0.05, 0) is 12.8 Å². The topological polar surface area (TPSA) is 118 Å². The van der Waals surface area contributed by atoms with Crippen LogP contribution in [-0.4, -0.2) is 122 Å². The van der Waals surface area contributed by atoms with Crippen LogP contribution in [0.3, 0.4) is 0 Å². The Morgan fingerprint density at radius 1 is 0.833 bits per heavy atom. The average molecular weight is 487 g/mol. The molecule has 0 saturated carbocycles. The van der Waals surface area contributed by atoms with E-state index >= 15 is 0 Å². The van der Waals surface area contributed by atoms with Crippen molar-refractivity contribution in [2.75, 3.05) is 6.61 Å². The first-order chi connectivity index (χ1) is 13.2. The molecule has 0 aromatic heterocycles. The number of ether oxygens (including phenoxy) is 1. The maximum atomic E-state index is 12.5. The number of aliphatic carboxylic acids is 1. The van der Waals surface area contributed by atoms with Gasteiger partial charge in [-0.15, -0.1) is 0 Å². The van der Waals surface area contributed by atoms with Crippen molar-refractivity contribution in [3.8, 4) is 0 Å². The zero-order chi connectivity index (χ0) is 21.5. The summed E-state index contributed by atoms with van der Waals surface area (Å²) in [4.78, 5) is 23.8. The first kappa shape index (κ1) is 36.1. The van der Waals surface area contributed by atoms with Crippen molar-refractivity contribution < 1.29 is 32.4 Å². The third kappa shape index (κ3) is 15.3. The molecule has 2 N–H and O–H groups in total. The number of carboxylic acid groups (broad SMARTS) is 1. The van der Waals surface area contributed by atoms with E-state index in [1.54, 1.807) is 0 Å². The van der Waals surface area contributed by atoms with Crippen LogP contribution in [0.15, 0.2) is 0 Å². The van der Waals surface area contributed by atoms with Gasteiger partial charge >= 0.3 is 92.9 Å². The number of rotatable bonds is 18. The Balaban J connectivity index is -0.00000364. The van der Waals surface area contributed by atoms with E-state index in [1.165, 1.54) is 0 Å². The van der Waals surface area contributed by atoms with Gasteiger partial charge in [0.25, 0.3) is 10.1 Å². The number of hydrogen-bond acceptors (Lipinski definition) is 5. The summed E-state index contributed by atoms with van der Waals surface area (Å²) in [6.07, 6.45) is 9.56. The summed E-state index contributed by atoms with van der Waals surface area (Å²) < 4.78 is 36.4. The Hall–Kier alpha value is 1.49. The molecule has 0 bridgehead atoms. The van der Waals surface area contributed by atoms with E-state index < -0.39 is 33.2 Å². The quantitative estimate of drug-likeness (QED) is 0.132. The maximum absolute atomic E-state index is 12.5. The summed E-state index contributed by atoms with van der Waals surface area (Å²) >= 11 is 0. The molecule has 0 heterocycles. The molecule has 0 aromatic carbocycles. The van der Waals surface area contributed by atoms with Gasteiger partial charge < -0.3 is 9.84 Å². The van der Waals surface area contributed by atoms with E-state index in [-0.39, 0.29) is 94.0 Å². The van der Waals surface area contributed by atoms with Crippen molar-refractivity contribution >= 4 is 103 Å². The Morgan fingerprint density at radius 2 is 1.27 bits per heavy atom. The minimum atomic E-state index is -4.93. The van der Waals surface area contributed by atoms with Crippen LogP contribution in [0.2, 0.25) is 0 Å². The second-order valence-corrected chi connectivity index (χ2v) is 9.19. The zero-order valence-electron chi connectivity index (χ0n) is 17.5. The fraction of sp³-hybridized carbons (Fsp3) is 0.900. The van der Waals surface area contributed by atoms with Crippen LogP contribution in [0.25, 0.3) is 0 Å². The van der Waals surface area contributed by atoms with Crippen molar-refractivity contribution in [1.82, 2.24) is 0 Å². The second-order valence-electron chi connectivity index (χ2n) is 7.46. The molecule has 10 heteroatoms. The van der Waals surface area contributed by atoms with E-state index in [0.717, 1.165) is 57.8 Å². The third-order valence-electron chi connectivity index (χ3n) is 4.97. The van der Waals surface area contributed by atoms with Gasteiger partial charge in [-0.3, -0.25) is 14.1 Å². The van der Waals surface area contributed by atoms with Crippen molar-refractivity contribution in [2.45, 2.75) is 108 Å². The Labute approximate surface area is 247 Å². The summed E-state index contributed by atoms with van der Waals surface area (Å²) in [6.45, 7) is 4.22. The zero-order valence-corrected chi connectivity index (χ0v) is 18.3. The number of carbonyl (C=O) groups is 2. The summed E-state index contributed by atoms with van der Waals surface area (Å²) in [5.41, 5.74) is 0. The second kappa shape index (κ2) is 21.0. The molecule has 0 rings (SSSR count). The molecular formula is C20H40KNaO7S. The standard InChI is InChI=1S/C20H38O7S.K.Na.2H/c1-3-5-7-9-11-13-15-20(17-18(21)22,28(24,25)26)19(23)27-16-14-12-10-8-6-4-2;;;;/h3-17H2,1-2H3,(H,21,22)(H,24,25,26);;;;. The first-order valence-corrected chi connectivity index (χ1v) is 12.0. The van der Waals surface area contributed by atoms with E-state index in [9.17, 15) is 22.6 Å². The van der Waals surface area contributed by atoms with Gasteiger partial charge in [0.1, 0.15) is 0 Å². The molecule has 0 amide bonds. The third-order valence-corrected chi connectivity index (χ3v) is 6.47. The fourth-order valence-electron chi connectivity index (χ4n) is 3.20. The van der Waals surface area contributed by atoms with Gasteiger partial charge in [-0.1, -0.05) is 84.5 Å². The molecular weight excluding hydrogens is 446 g/mol. The van der Waals surface area contributed by atoms with Crippen LogP contribution in [0.1, 0.15) is 104 Å². The van der Waals surface area contributed by atoms with Gasteiger partial charge in [0.15, 0.2) is 0 Å². The van der Waals surface area contributed by atoms with E-state index in [2.05, 4.69) is 13.8 Å². The predicted molar refractivity (Wildman–Crippen MR) is 123 cm³/mol. The van der Waals surface area contributed by atoms with Crippen molar-refractivity contribution in [1.29, 1.82) is 0 Å². The minimum absolute atomic E-state index is 0.